The second kappa shape index (κ2) is 7.16. The first-order valence-electron chi connectivity index (χ1n) is 7.08. The zero-order chi connectivity index (χ0) is 17.0. The third kappa shape index (κ3) is 3.82. The summed E-state index contributed by atoms with van der Waals surface area (Å²) in [6.07, 6.45) is 0. The van der Waals surface area contributed by atoms with Gasteiger partial charge in [-0.2, -0.15) is 0 Å². The van der Waals surface area contributed by atoms with Crippen molar-refractivity contribution in [1.82, 2.24) is 9.80 Å². The van der Waals surface area contributed by atoms with E-state index in [1.165, 1.54) is 11.0 Å². The van der Waals surface area contributed by atoms with Crippen molar-refractivity contribution in [1.29, 1.82) is 0 Å². The maximum atomic E-state index is 12.5. The highest BCUT2D eigenvalue weighted by atomic mass is 16.6. The summed E-state index contributed by atoms with van der Waals surface area (Å²) < 4.78 is 0. The Morgan fingerprint density at radius 3 is 2.35 bits per heavy atom. The van der Waals surface area contributed by atoms with Crippen LogP contribution in [0, 0.1) is 10.1 Å². The van der Waals surface area contributed by atoms with Crippen molar-refractivity contribution in [3.63, 3.8) is 0 Å². The predicted molar refractivity (Wildman–Crippen MR) is 79.5 cm³/mol. The number of carbonyl (C=O) groups excluding carboxylic acids is 1. The number of carboxylic acids is 1. The molecule has 1 heterocycles. The van der Waals surface area contributed by atoms with Gasteiger partial charge in [0.25, 0.3) is 11.6 Å². The normalized spacial score (nSPS) is 15.4. The first-order valence-corrected chi connectivity index (χ1v) is 7.08. The van der Waals surface area contributed by atoms with Crippen LogP contribution in [0.25, 0.3) is 0 Å². The molecule has 0 radical (unpaired) electrons. The van der Waals surface area contributed by atoms with Crippen LogP contribution in [0.5, 0.6) is 0 Å². The molecule has 1 aromatic carbocycles. The minimum absolute atomic E-state index is 0.0411. The lowest BCUT2D eigenvalue weighted by molar-refractivity contribution is -0.384. The molecule has 1 aliphatic heterocycles. The van der Waals surface area contributed by atoms with E-state index in [4.69, 9.17) is 5.11 Å². The van der Waals surface area contributed by atoms with Crippen LogP contribution in [-0.2, 0) is 0 Å². The molecule has 2 N–H and O–H groups in total. The van der Waals surface area contributed by atoms with Crippen LogP contribution in [0.4, 0.5) is 5.69 Å². The zero-order valence-corrected chi connectivity index (χ0v) is 12.3. The van der Waals surface area contributed by atoms with E-state index in [0.717, 1.165) is 12.1 Å². The summed E-state index contributed by atoms with van der Waals surface area (Å²) >= 11 is 0. The van der Waals surface area contributed by atoms with E-state index in [2.05, 4.69) is 0 Å². The Morgan fingerprint density at radius 1 is 1.17 bits per heavy atom. The number of hydrogen-bond donors (Lipinski definition) is 2. The molecule has 0 atom stereocenters. The topological polar surface area (TPSA) is 124 Å². The van der Waals surface area contributed by atoms with Crippen molar-refractivity contribution >= 4 is 17.6 Å². The van der Waals surface area contributed by atoms with Crippen molar-refractivity contribution in [3.05, 3.63) is 39.4 Å². The first-order chi connectivity index (χ1) is 10.9. The fourth-order valence-corrected chi connectivity index (χ4v) is 2.50. The van der Waals surface area contributed by atoms with Crippen molar-refractivity contribution in [3.8, 4) is 0 Å². The number of β-amino-alcohol motifs (C(OH)–C–C–N with tert-alkyl or cyclic N) is 1. The average molecular weight is 323 g/mol. The summed E-state index contributed by atoms with van der Waals surface area (Å²) in [7, 11) is 0. The minimum atomic E-state index is -1.38. The number of hydrogen-bond acceptors (Lipinski definition) is 6. The lowest BCUT2D eigenvalue weighted by Gasteiger charge is -2.34. The number of non-ortho nitro benzene ring substituents is 1. The van der Waals surface area contributed by atoms with Crippen LogP contribution in [0.3, 0.4) is 0 Å². The summed E-state index contributed by atoms with van der Waals surface area (Å²) in [6, 6.07) is 3.21. The van der Waals surface area contributed by atoms with Crippen molar-refractivity contribution in [2.75, 3.05) is 39.3 Å². The number of carboxylic acid groups (broad SMARTS) is 1. The minimum Gasteiger partial charge on any atom is -0.478 e. The predicted octanol–water partition coefficient (Wildman–Crippen LogP) is 0.0431. The Kier molecular flexibility index (Phi) is 5.24. The third-order valence-corrected chi connectivity index (χ3v) is 3.75. The number of aliphatic hydroxyl groups is 1. The van der Waals surface area contributed by atoms with Gasteiger partial charge >= 0.3 is 5.97 Å². The van der Waals surface area contributed by atoms with E-state index >= 15 is 0 Å². The number of amides is 1. The molecule has 0 bridgehead atoms. The van der Waals surface area contributed by atoms with Gasteiger partial charge in [0.15, 0.2) is 0 Å². The standard InChI is InChI=1S/C14H17N3O6/c18-8-7-15-3-5-16(6-4-15)13(19)11-2-1-10(17(22)23)9-12(11)14(20)21/h1-2,9,18H,3-8H2,(H,20,21). The molecule has 1 amide bonds. The van der Waals surface area contributed by atoms with Crippen molar-refractivity contribution < 1.29 is 24.7 Å². The van der Waals surface area contributed by atoms with Crippen molar-refractivity contribution in [2.45, 2.75) is 0 Å². The van der Waals surface area contributed by atoms with E-state index in [1.54, 1.807) is 0 Å². The van der Waals surface area contributed by atoms with E-state index in [-0.39, 0.29) is 23.4 Å². The monoisotopic (exact) mass is 323 g/mol. The summed E-state index contributed by atoms with van der Waals surface area (Å²) in [5, 5.41) is 28.8. The number of aromatic carboxylic acids is 1. The number of piperazine rings is 1. The molecular formula is C14H17N3O6. The quantitative estimate of drug-likeness (QED) is 0.579. The Bertz CT molecular complexity index is 625. The smallest absolute Gasteiger partial charge is 0.336 e. The second-order valence-electron chi connectivity index (χ2n) is 5.15. The maximum absolute atomic E-state index is 12.5. The number of benzene rings is 1. The van der Waals surface area contributed by atoms with Gasteiger partial charge in [0.05, 0.1) is 22.7 Å². The number of carbonyl (C=O) groups is 2. The van der Waals surface area contributed by atoms with Crippen molar-refractivity contribution in [2.24, 2.45) is 0 Å². The molecule has 1 saturated heterocycles. The molecule has 0 unspecified atom stereocenters. The van der Waals surface area contributed by atoms with Gasteiger partial charge in [0.2, 0.25) is 0 Å². The van der Waals surface area contributed by atoms with Gasteiger partial charge in [0, 0.05) is 44.9 Å². The highest BCUT2D eigenvalue weighted by Crippen LogP contribution is 2.20. The molecule has 124 valence electrons. The molecule has 9 nitrogen and oxygen atoms in total. The van der Waals surface area contributed by atoms with Crippen LogP contribution >= 0.6 is 0 Å². The SMILES string of the molecule is O=C(O)c1cc([N+](=O)[O-])ccc1C(=O)N1CCN(CCO)CC1. The third-order valence-electron chi connectivity index (χ3n) is 3.75. The summed E-state index contributed by atoms with van der Waals surface area (Å²) in [6.45, 7) is 2.56. The van der Waals surface area contributed by atoms with Gasteiger partial charge in [-0.1, -0.05) is 0 Å². The molecular weight excluding hydrogens is 306 g/mol. The number of nitrogens with zero attached hydrogens (tertiary/aromatic N) is 3. The van der Waals surface area contributed by atoms with Gasteiger partial charge in [0.1, 0.15) is 0 Å². The highest BCUT2D eigenvalue weighted by molar-refractivity contribution is 6.05. The Labute approximate surface area is 131 Å². The molecule has 1 fully saturated rings. The molecule has 2 rings (SSSR count). The largest absolute Gasteiger partial charge is 0.478 e. The highest BCUT2D eigenvalue weighted by Gasteiger charge is 2.26. The lowest BCUT2D eigenvalue weighted by Crippen LogP contribution is -2.49. The van der Waals surface area contributed by atoms with Crippen LogP contribution in [-0.4, -0.2) is 76.1 Å². The number of nitro benzene ring substituents is 1. The van der Waals surface area contributed by atoms with Crippen LogP contribution in [0.1, 0.15) is 20.7 Å². The van der Waals surface area contributed by atoms with E-state index in [9.17, 15) is 24.8 Å². The Balaban J connectivity index is 2.19. The van der Waals surface area contributed by atoms with Gasteiger partial charge in [-0.15, -0.1) is 0 Å². The summed E-state index contributed by atoms with van der Waals surface area (Å²) in [4.78, 5) is 37.3. The average Bonchev–Trinajstić information content (AvgIpc) is 2.54. The van der Waals surface area contributed by atoms with Gasteiger partial charge in [-0.25, -0.2) is 4.79 Å². The summed E-state index contributed by atoms with van der Waals surface area (Å²) in [5.41, 5.74) is -0.799. The Morgan fingerprint density at radius 2 is 1.83 bits per heavy atom. The van der Waals surface area contributed by atoms with Crippen LogP contribution in [0.2, 0.25) is 0 Å². The van der Waals surface area contributed by atoms with Gasteiger partial charge in [-0.3, -0.25) is 19.8 Å². The van der Waals surface area contributed by atoms with E-state index < -0.39 is 16.8 Å². The van der Waals surface area contributed by atoms with Gasteiger partial charge in [-0.05, 0) is 6.07 Å². The molecule has 0 aliphatic carbocycles. The lowest BCUT2D eigenvalue weighted by atomic mass is 10.0. The molecule has 0 saturated carbocycles. The number of aliphatic hydroxyl groups excluding tert-OH is 1. The van der Waals surface area contributed by atoms with E-state index in [1.807, 2.05) is 4.90 Å². The molecule has 0 aromatic heterocycles. The first kappa shape index (κ1) is 16.8. The molecule has 23 heavy (non-hydrogen) atoms. The summed E-state index contributed by atoms with van der Waals surface area (Å²) in [5.74, 6) is -1.84. The fraction of sp³-hybridized carbons (Fsp3) is 0.429. The number of rotatable bonds is 5. The number of nitro groups is 1. The molecule has 9 heteroatoms. The van der Waals surface area contributed by atoms with E-state index in [0.29, 0.717) is 32.7 Å². The maximum Gasteiger partial charge on any atom is 0.336 e. The zero-order valence-electron chi connectivity index (χ0n) is 12.3. The fourth-order valence-electron chi connectivity index (χ4n) is 2.50. The molecule has 1 aliphatic rings. The van der Waals surface area contributed by atoms with Crippen LogP contribution < -0.4 is 0 Å². The molecule has 1 aromatic rings. The van der Waals surface area contributed by atoms with Crippen LogP contribution in [0.15, 0.2) is 18.2 Å². The van der Waals surface area contributed by atoms with Gasteiger partial charge < -0.3 is 15.1 Å². The Hall–Kier alpha value is -2.52. The second-order valence-corrected chi connectivity index (χ2v) is 5.15. The molecule has 0 spiro atoms.